The first kappa shape index (κ1) is 24.0. The van der Waals surface area contributed by atoms with Crippen LogP contribution >= 0.6 is 0 Å². The number of piperazine rings is 1. The Hall–Kier alpha value is -3.69. The van der Waals surface area contributed by atoms with Crippen LogP contribution in [0.2, 0.25) is 0 Å². The van der Waals surface area contributed by atoms with Gasteiger partial charge in [-0.1, -0.05) is 12.1 Å². The molecule has 1 aliphatic rings. The maximum Gasteiger partial charge on any atom is 0.249 e. The fourth-order valence-electron chi connectivity index (χ4n) is 4.52. The van der Waals surface area contributed by atoms with Gasteiger partial charge in [-0.2, -0.15) is 4.98 Å². The van der Waals surface area contributed by atoms with Gasteiger partial charge >= 0.3 is 0 Å². The molecule has 0 atom stereocenters. The standard InChI is InChI=1S/C27H31N5O4/c33-17-19-36-24-10-7-20-4-3-5-22(26(20)29-24)32-15-13-31(14-16-32)12-1-2-18-35-25-11-8-21-6-9-23(34)28-27(21)30-25/h3-11,33H,1-2,12-19H2,(H,28,30,34). The number of rotatable bonds is 10. The minimum absolute atomic E-state index is 0.0299. The van der Waals surface area contributed by atoms with Crippen molar-refractivity contribution in [3.05, 3.63) is 65.0 Å². The van der Waals surface area contributed by atoms with E-state index in [0.717, 1.165) is 67.5 Å². The van der Waals surface area contributed by atoms with Crippen LogP contribution in [0.1, 0.15) is 12.8 Å². The van der Waals surface area contributed by atoms with Crippen molar-refractivity contribution in [2.24, 2.45) is 0 Å². The summed E-state index contributed by atoms with van der Waals surface area (Å²) in [6.45, 7) is 5.72. The van der Waals surface area contributed by atoms with Crippen molar-refractivity contribution in [3.8, 4) is 11.8 Å². The molecule has 4 aromatic rings. The number of H-pyrrole nitrogens is 1. The van der Waals surface area contributed by atoms with Crippen LogP contribution in [0.25, 0.3) is 21.9 Å². The van der Waals surface area contributed by atoms with Gasteiger partial charge in [0.05, 0.1) is 24.4 Å². The molecule has 0 amide bonds. The Morgan fingerprint density at radius 1 is 0.833 bits per heavy atom. The summed E-state index contributed by atoms with van der Waals surface area (Å²) in [6, 6.07) is 17.1. The molecule has 0 radical (unpaired) electrons. The average Bonchev–Trinajstić information content (AvgIpc) is 2.91. The first-order chi connectivity index (χ1) is 17.7. The number of hydrogen-bond donors (Lipinski definition) is 2. The highest BCUT2D eigenvalue weighted by molar-refractivity contribution is 5.91. The Kier molecular flexibility index (Phi) is 7.58. The average molecular weight is 490 g/mol. The molecule has 1 fully saturated rings. The number of ether oxygens (including phenoxy) is 2. The van der Waals surface area contributed by atoms with Crippen LogP contribution in [0.4, 0.5) is 5.69 Å². The number of unbranched alkanes of at least 4 members (excludes halogenated alkanes) is 1. The van der Waals surface area contributed by atoms with Crippen molar-refractivity contribution in [2.45, 2.75) is 12.8 Å². The Labute approximate surface area is 209 Å². The minimum atomic E-state index is -0.166. The molecule has 1 aromatic carbocycles. The molecule has 3 aromatic heterocycles. The van der Waals surface area contributed by atoms with Crippen molar-refractivity contribution in [1.29, 1.82) is 0 Å². The first-order valence-corrected chi connectivity index (χ1v) is 12.4. The second-order valence-electron chi connectivity index (χ2n) is 8.86. The summed E-state index contributed by atoms with van der Waals surface area (Å²) in [5, 5.41) is 11.0. The van der Waals surface area contributed by atoms with Crippen LogP contribution in [-0.4, -0.2) is 77.5 Å². The van der Waals surface area contributed by atoms with E-state index in [-0.39, 0.29) is 18.8 Å². The molecular weight excluding hydrogens is 458 g/mol. The molecule has 0 aliphatic carbocycles. The van der Waals surface area contributed by atoms with E-state index in [9.17, 15) is 4.79 Å². The van der Waals surface area contributed by atoms with E-state index < -0.39 is 0 Å². The van der Waals surface area contributed by atoms with Gasteiger partial charge in [-0.15, -0.1) is 0 Å². The van der Waals surface area contributed by atoms with E-state index >= 15 is 0 Å². The lowest BCUT2D eigenvalue weighted by atomic mass is 10.1. The second-order valence-corrected chi connectivity index (χ2v) is 8.86. The van der Waals surface area contributed by atoms with Crippen molar-refractivity contribution in [1.82, 2.24) is 19.9 Å². The fourth-order valence-corrected chi connectivity index (χ4v) is 4.52. The lowest BCUT2D eigenvalue weighted by molar-refractivity contribution is 0.197. The molecule has 0 saturated carbocycles. The summed E-state index contributed by atoms with van der Waals surface area (Å²) in [5.41, 5.74) is 2.44. The largest absolute Gasteiger partial charge is 0.478 e. The number of aliphatic hydroxyl groups excluding tert-OH is 1. The maximum atomic E-state index is 11.5. The Morgan fingerprint density at radius 2 is 1.58 bits per heavy atom. The number of nitrogens with one attached hydrogen (secondary N) is 1. The van der Waals surface area contributed by atoms with E-state index in [2.05, 4.69) is 38.0 Å². The van der Waals surface area contributed by atoms with Crippen molar-refractivity contribution in [3.63, 3.8) is 0 Å². The lowest BCUT2D eigenvalue weighted by Gasteiger charge is -2.36. The SMILES string of the molecule is O=c1ccc2ccc(OCCCCN3CCN(c4cccc5ccc(OCCO)nc45)CC3)nc2[nH]1. The highest BCUT2D eigenvalue weighted by Gasteiger charge is 2.19. The number of aromatic amines is 1. The normalized spacial score (nSPS) is 14.4. The maximum absolute atomic E-state index is 11.5. The Balaban J connectivity index is 1.08. The lowest BCUT2D eigenvalue weighted by Crippen LogP contribution is -2.46. The van der Waals surface area contributed by atoms with Gasteiger partial charge in [0.15, 0.2) is 0 Å². The number of aromatic nitrogens is 3. The van der Waals surface area contributed by atoms with Gasteiger partial charge in [-0.3, -0.25) is 9.69 Å². The molecule has 0 unspecified atom stereocenters. The summed E-state index contributed by atoms with van der Waals surface area (Å²) < 4.78 is 11.3. The molecule has 0 spiro atoms. The third kappa shape index (κ3) is 5.75. The van der Waals surface area contributed by atoms with E-state index in [1.165, 1.54) is 6.07 Å². The second kappa shape index (κ2) is 11.4. The fraction of sp³-hybridized carbons (Fsp3) is 0.370. The van der Waals surface area contributed by atoms with Crippen LogP contribution in [0.5, 0.6) is 11.8 Å². The predicted octanol–water partition coefficient (Wildman–Crippen LogP) is 2.82. The van der Waals surface area contributed by atoms with E-state index in [4.69, 9.17) is 19.6 Å². The summed E-state index contributed by atoms with van der Waals surface area (Å²) >= 11 is 0. The molecule has 2 N–H and O–H groups in total. The van der Waals surface area contributed by atoms with E-state index in [1.807, 2.05) is 24.3 Å². The third-order valence-electron chi connectivity index (χ3n) is 6.40. The van der Waals surface area contributed by atoms with Crippen molar-refractivity contribution in [2.75, 3.05) is 57.4 Å². The first-order valence-electron chi connectivity index (χ1n) is 12.4. The highest BCUT2D eigenvalue weighted by Crippen LogP contribution is 2.28. The quantitative estimate of drug-likeness (QED) is 0.328. The number of anilines is 1. The van der Waals surface area contributed by atoms with Crippen LogP contribution < -0.4 is 19.9 Å². The third-order valence-corrected chi connectivity index (χ3v) is 6.40. The van der Waals surface area contributed by atoms with Gasteiger partial charge in [-0.05, 0) is 43.7 Å². The molecule has 0 bridgehead atoms. The van der Waals surface area contributed by atoms with Crippen LogP contribution in [-0.2, 0) is 0 Å². The van der Waals surface area contributed by atoms with E-state index in [0.29, 0.717) is 24.0 Å². The molecule has 188 valence electrons. The van der Waals surface area contributed by atoms with Crippen LogP contribution in [0.15, 0.2) is 59.4 Å². The molecule has 1 saturated heterocycles. The smallest absolute Gasteiger partial charge is 0.249 e. The Bertz CT molecular complexity index is 1370. The molecular formula is C27H31N5O4. The van der Waals surface area contributed by atoms with Crippen LogP contribution in [0.3, 0.4) is 0 Å². The molecule has 1 aliphatic heterocycles. The number of para-hydroxylation sites is 1. The van der Waals surface area contributed by atoms with E-state index in [1.54, 1.807) is 6.07 Å². The predicted molar refractivity (Wildman–Crippen MR) is 140 cm³/mol. The number of benzene rings is 1. The summed E-state index contributed by atoms with van der Waals surface area (Å²) in [6.07, 6.45) is 1.99. The molecule has 5 rings (SSSR count). The number of pyridine rings is 3. The van der Waals surface area contributed by atoms with Gasteiger partial charge < -0.3 is 24.5 Å². The van der Waals surface area contributed by atoms with Gasteiger partial charge in [0.2, 0.25) is 17.3 Å². The summed E-state index contributed by atoms with van der Waals surface area (Å²) in [5.74, 6) is 1.07. The molecule has 36 heavy (non-hydrogen) atoms. The van der Waals surface area contributed by atoms with Gasteiger partial charge in [0.25, 0.3) is 0 Å². The van der Waals surface area contributed by atoms with Gasteiger partial charge in [0, 0.05) is 55.2 Å². The topological polar surface area (TPSA) is 104 Å². The summed E-state index contributed by atoms with van der Waals surface area (Å²) in [7, 11) is 0. The number of fused-ring (bicyclic) bond motifs is 2. The van der Waals surface area contributed by atoms with Gasteiger partial charge in [0.1, 0.15) is 12.3 Å². The zero-order chi connectivity index (χ0) is 24.7. The highest BCUT2D eigenvalue weighted by atomic mass is 16.5. The monoisotopic (exact) mass is 489 g/mol. The molecule has 9 nitrogen and oxygen atoms in total. The van der Waals surface area contributed by atoms with Crippen LogP contribution in [0, 0.1) is 0 Å². The minimum Gasteiger partial charge on any atom is -0.478 e. The van der Waals surface area contributed by atoms with Gasteiger partial charge in [-0.25, -0.2) is 4.98 Å². The number of nitrogens with zero attached hydrogens (tertiary/aromatic N) is 4. The molecule has 9 heteroatoms. The summed E-state index contributed by atoms with van der Waals surface area (Å²) in [4.78, 5) is 28.2. The van der Waals surface area contributed by atoms with Crippen molar-refractivity contribution >= 4 is 27.6 Å². The Morgan fingerprint density at radius 3 is 2.42 bits per heavy atom. The zero-order valence-electron chi connectivity index (χ0n) is 20.2. The number of aliphatic hydroxyl groups is 1. The zero-order valence-corrected chi connectivity index (χ0v) is 20.2. The van der Waals surface area contributed by atoms with Crippen molar-refractivity contribution < 1.29 is 14.6 Å². The number of hydrogen-bond acceptors (Lipinski definition) is 8. The molecule has 4 heterocycles.